The topological polar surface area (TPSA) is 72.7 Å². The van der Waals surface area contributed by atoms with Gasteiger partial charge in [0.25, 0.3) is 0 Å². The number of nitrogens with one attached hydrogen (secondary N) is 1. The molecule has 1 aliphatic heterocycles. The number of Topliss-reactive ketones (excluding diaryl/α,β-unsaturated/α-hetero) is 1. The van der Waals surface area contributed by atoms with Gasteiger partial charge in [0.05, 0.1) is 6.54 Å². The molecular formula is C17H23N5O. The molecule has 1 N–H and O–H groups in total. The minimum atomic E-state index is -0.0185. The van der Waals surface area contributed by atoms with E-state index in [-0.39, 0.29) is 5.92 Å². The van der Waals surface area contributed by atoms with Gasteiger partial charge in [-0.2, -0.15) is 4.80 Å². The zero-order valence-corrected chi connectivity index (χ0v) is 13.3. The van der Waals surface area contributed by atoms with Gasteiger partial charge in [0.15, 0.2) is 6.33 Å². The van der Waals surface area contributed by atoms with Crippen LogP contribution in [0.25, 0.3) is 0 Å². The van der Waals surface area contributed by atoms with E-state index in [2.05, 4.69) is 32.9 Å². The molecule has 23 heavy (non-hydrogen) atoms. The predicted octanol–water partition coefficient (Wildman–Crippen LogP) is 1.49. The average molecular weight is 313 g/mol. The van der Waals surface area contributed by atoms with E-state index in [4.69, 9.17) is 0 Å². The summed E-state index contributed by atoms with van der Waals surface area (Å²) in [7, 11) is 0. The molecule has 1 saturated heterocycles. The third-order valence-electron chi connectivity index (χ3n) is 4.62. The van der Waals surface area contributed by atoms with Crippen LogP contribution >= 0.6 is 0 Å². The molecule has 2 aromatic rings. The monoisotopic (exact) mass is 313 g/mol. The average Bonchev–Trinajstić information content (AvgIpc) is 3.12. The molecule has 0 amide bonds. The highest BCUT2D eigenvalue weighted by Gasteiger charge is 2.30. The van der Waals surface area contributed by atoms with E-state index in [1.54, 1.807) is 4.80 Å². The van der Waals surface area contributed by atoms with Crippen molar-refractivity contribution in [1.82, 2.24) is 25.5 Å². The van der Waals surface area contributed by atoms with Crippen molar-refractivity contribution in [2.75, 3.05) is 13.1 Å². The summed E-state index contributed by atoms with van der Waals surface area (Å²) in [4.78, 5) is 14.4. The van der Waals surface area contributed by atoms with E-state index < -0.39 is 0 Å². The fourth-order valence-corrected chi connectivity index (χ4v) is 3.31. The maximum atomic E-state index is 12.8. The molecule has 1 fully saturated rings. The van der Waals surface area contributed by atoms with E-state index in [1.807, 2.05) is 18.2 Å². The van der Waals surface area contributed by atoms with Gasteiger partial charge in [-0.15, -0.1) is 10.2 Å². The largest absolute Gasteiger partial charge is 0.317 e. The highest BCUT2D eigenvalue weighted by atomic mass is 16.1. The lowest BCUT2D eigenvalue weighted by Crippen LogP contribution is -2.37. The van der Waals surface area contributed by atoms with Crippen LogP contribution in [0.5, 0.6) is 0 Å². The van der Waals surface area contributed by atoms with Gasteiger partial charge in [-0.25, -0.2) is 0 Å². The number of nitrogens with zero attached hydrogens (tertiary/aromatic N) is 4. The highest BCUT2D eigenvalue weighted by molar-refractivity contribution is 5.81. The molecule has 0 spiro atoms. The lowest BCUT2D eigenvalue weighted by Gasteiger charge is -2.29. The lowest BCUT2D eigenvalue weighted by atomic mass is 9.80. The molecule has 1 aromatic heterocycles. The number of piperidine rings is 1. The Morgan fingerprint density at radius 3 is 2.74 bits per heavy atom. The van der Waals surface area contributed by atoms with E-state index in [1.165, 1.54) is 11.9 Å². The van der Waals surface area contributed by atoms with Crippen molar-refractivity contribution in [3.05, 3.63) is 42.2 Å². The van der Waals surface area contributed by atoms with Crippen LogP contribution in [-0.2, 0) is 17.8 Å². The minimum absolute atomic E-state index is 0.0185. The Morgan fingerprint density at radius 2 is 2.04 bits per heavy atom. The van der Waals surface area contributed by atoms with Crippen LogP contribution in [-0.4, -0.2) is 39.1 Å². The van der Waals surface area contributed by atoms with E-state index >= 15 is 0 Å². The third kappa shape index (κ3) is 4.45. The molecule has 0 aliphatic carbocycles. The molecule has 3 rings (SSSR count). The smallest absolute Gasteiger partial charge is 0.162 e. The molecule has 1 aromatic carbocycles. The maximum absolute atomic E-state index is 12.8. The highest BCUT2D eigenvalue weighted by Crippen LogP contribution is 2.25. The van der Waals surface area contributed by atoms with Gasteiger partial charge in [-0.3, -0.25) is 4.79 Å². The Bertz CT molecular complexity index is 593. The predicted molar refractivity (Wildman–Crippen MR) is 86.7 cm³/mol. The summed E-state index contributed by atoms with van der Waals surface area (Å²) in [5, 5.41) is 15.1. The molecule has 0 bridgehead atoms. The number of aromatic nitrogens is 4. The molecule has 1 unspecified atom stereocenters. The Morgan fingerprint density at radius 1 is 1.26 bits per heavy atom. The van der Waals surface area contributed by atoms with Crippen LogP contribution in [0.3, 0.4) is 0 Å². The van der Waals surface area contributed by atoms with Crippen LogP contribution in [0, 0.1) is 11.8 Å². The van der Waals surface area contributed by atoms with E-state index in [9.17, 15) is 4.79 Å². The third-order valence-corrected chi connectivity index (χ3v) is 4.62. The summed E-state index contributed by atoms with van der Waals surface area (Å²) in [6.45, 7) is 2.51. The molecule has 6 heteroatoms. The standard InChI is InChI=1S/C17H23N5O/c23-17(7-6-14-4-2-1-3-5-14)16(12-22-20-13-19-21-22)15-8-10-18-11-9-15/h1-5,13,15-16,18H,6-12H2. The summed E-state index contributed by atoms with van der Waals surface area (Å²) >= 11 is 0. The van der Waals surface area contributed by atoms with Crippen LogP contribution in [0.1, 0.15) is 24.8 Å². The SMILES string of the molecule is O=C(CCc1ccccc1)C(Cn1ncnn1)C1CCNCC1. The lowest BCUT2D eigenvalue weighted by molar-refractivity contribution is -0.125. The van der Waals surface area contributed by atoms with E-state index in [0.717, 1.165) is 32.4 Å². The molecule has 0 radical (unpaired) electrons. The van der Waals surface area contributed by atoms with Gasteiger partial charge < -0.3 is 5.32 Å². The zero-order valence-electron chi connectivity index (χ0n) is 13.3. The van der Waals surface area contributed by atoms with Crippen molar-refractivity contribution in [2.45, 2.75) is 32.2 Å². The Balaban J connectivity index is 1.64. The minimum Gasteiger partial charge on any atom is -0.317 e. The van der Waals surface area contributed by atoms with Gasteiger partial charge in [0.2, 0.25) is 0 Å². The number of ketones is 1. The molecule has 6 nitrogen and oxygen atoms in total. The first-order chi connectivity index (χ1) is 11.3. The zero-order chi connectivity index (χ0) is 15.9. The Kier molecular flexibility index (Phi) is 5.47. The summed E-state index contributed by atoms with van der Waals surface area (Å²) in [5.74, 6) is 0.707. The normalized spacial score (nSPS) is 17.0. The van der Waals surface area contributed by atoms with Crippen LogP contribution in [0.15, 0.2) is 36.7 Å². The van der Waals surface area contributed by atoms with Gasteiger partial charge in [-0.1, -0.05) is 30.3 Å². The first kappa shape index (κ1) is 15.8. The fraction of sp³-hybridized carbons (Fsp3) is 0.529. The molecule has 1 aliphatic rings. The molecule has 0 saturated carbocycles. The van der Waals surface area contributed by atoms with Crippen molar-refractivity contribution >= 4 is 5.78 Å². The molecule has 1 atom stereocenters. The number of carbonyl (C=O) groups excluding carboxylic acids is 1. The van der Waals surface area contributed by atoms with Crippen LogP contribution in [0.2, 0.25) is 0 Å². The number of carbonyl (C=O) groups is 1. The number of rotatable bonds is 7. The molecule has 2 heterocycles. The van der Waals surface area contributed by atoms with Crippen molar-refractivity contribution in [3.63, 3.8) is 0 Å². The van der Waals surface area contributed by atoms with Crippen molar-refractivity contribution < 1.29 is 4.79 Å². The molecule has 122 valence electrons. The van der Waals surface area contributed by atoms with Gasteiger partial charge in [0.1, 0.15) is 5.78 Å². The van der Waals surface area contributed by atoms with Crippen molar-refractivity contribution in [3.8, 4) is 0 Å². The van der Waals surface area contributed by atoms with E-state index in [0.29, 0.717) is 24.7 Å². The first-order valence-corrected chi connectivity index (χ1v) is 8.31. The summed E-state index contributed by atoms with van der Waals surface area (Å²) in [6, 6.07) is 10.2. The first-order valence-electron chi connectivity index (χ1n) is 8.31. The second kappa shape index (κ2) is 7.97. The number of benzene rings is 1. The summed E-state index contributed by atoms with van der Waals surface area (Å²) < 4.78 is 0. The van der Waals surface area contributed by atoms with Crippen LogP contribution in [0.4, 0.5) is 0 Å². The quantitative estimate of drug-likeness (QED) is 0.838. The van der Waals surface area contributed by atoms with Crippen molar-refractivity contribution in [1.29, 1.82) is 0 Å². The number of tetrazole rings is 1. The fourth-order valence-electron chi connectivity index (χ4n) is 3.31. The van der Waals surface area contributed by atoms with Gasteiger partial charge in [-0.05, 0) is 49.0 Å². The maximum Gasteiger partial charge on any atom is 0.162 e. The number of hydrogen-bond acceptors (Lipinski definition) is 5. The van der Waals surface area contributed by atoms with Crippen molar-refractivity contribution in [2.24, 2.45) is 11.8 Å². The molecular weight excluding hydrogens is 290 g/mol. The number of hydrogen-bond donors (Lipinski definition) is 1. The van der Waals surface area contributed by atoms with Gasteiger partial charge >= 0.3 is 0 Å². The second-order valence-corrected chi connectivity index (χ2v) is 6.14. The number of aryl methyl sites for hydroxylation is 1. The van der Waals surface area contributed by atoms with Crippen LogP contribution < -0.4 is 5.32 Å². The summed E-state index contributed by atoms with van der Waals surface area (Å²) in [6.07, 6.45) is 4.88. The van der Waals surface area contributed by atoms with Gasteiger partial charge in [0, 0.05) is 12.3 Å². The second-order valence-electron chi connectivity index (χ2n) is 6.14. The Labute approximate surface area is 136 Å². The Hall–Kier alpha value is -2.08. The summed E-state index contributed by atoms with van der Waals surface area (Å²) in [5.41, 5.74) is 1.21.